The quantitative estimate of drug-likeness (QED) is 0.653. The zero-order valence-corrected chi connectivity index (χ0v) is 7.37. The number of rotatable bonds is 4. The molecule has 0 bridgehead atoms. The van der Waals surface area contributed by atoms with E-state index in [0.717, 1.165) is 13.0 Å². The molecule has 0 spiro atoms. The van der Waals surface area contributed by atoms with E-state index in [2.05, 4.69) is 0 Å². The fourth-order valence-corrected chi connectivity index (χ4v) is 0.720. The Hall–Kier alpha value is -0.770. The summed E-state index contributed by atoms with van der Waals surface area (Å²) in [5.74, 6) is 0. The standard InChI is InChI=1S/C7H16N2O2/c1-8(2)5-4-6-9(3)7(10)11/h4-6H2,1-3H3,(H,10,11). The van der Waals surface area contributed by atoms with Crippen LogP contribution >= 0.6 is 0 Å². The zero-order valence-electron chi connectivity index (χ0n) is 7.37. The molecule has 4 heteroatoms. The van der Waals surface area contributed by atoms with Crippen molar-refractivity contribution in [3.63, 3.8) is 0 Å². The van der Waals surface area contributed by atoms with Gasteiger partial charge in [-0.25, -0.2) is 4.79 Å². The maximum atomic E-state index is 10.3. The summed E-state index contributed by atoms with van der Waals surface area (Å²) in [5, 5.41) is 8.46. The van der Waals surface area contributed by atoms with Crippen LogP contribution in [0.15, 0.2) is 0 Å². The van der Waals surface area contributed by atoms with Crippen LogP contribution < -0.4 is 0 Å². The third kappa shape index (κ3) is 5.66. The molecule has 11 heavy (non-hydrogen) atoms. The highest BCUT2D eigenvalue weighted by Crippen LogP contribution is 1.89. The zero-order chi connectivity index (χ0) is 8.85. The van der Waals surface area contributed by atoms with Crippen LogP contribution in [0.3, 0.4) is 0 Å². The highest BCUT2D eigenvalue weighted by atomic mass is 16.4. The number of carbonyl (C=O) groups is 1. The van der Waals surface area contributed by atoms with E-state index < -0.39 is 6.09 Å². The minimum atomic E-state index is -0.858. The summed E-state index contributed by atoms with van der Waals surface area (Å²) in [6.45, 7) is 1.53. The molecule has 0 unspecified atom stereocenters. The van der Waals surface area contributed by atoms with Crippen molar-refractivity contribution in [2.24, 2.45) is 0 Å². The smallest absolute Gasteiger partial charge is 0.407 e. The second-order valence-electron chi connectivity index (χ2n) is 2.86. The minimum absolute atomic E-state index is 0.605. The monoisotopic (exact) mass is 160 g/mol. The Bertz CT molecular complexity index is 126. The Balaban J connectivity index is 3.31. The van der Waals surface area contributed by atoms with E-state index in [1.54, 1.807) is 7.05 Å². The molecule has 0 radical (unpaired) electrons. The summed E-state index contributed by atoms with van der Waals surface area (Å²) in [6, 6.07) is 0. The molecule has 0 aliphatic heterocycles. The molecule has 4 nitrogen and oxygen atoms in total. The van der Waals surface area contributed by atoms with Crippen molar-refractivity contribution in [3.05, 3.63) is 0 Å². The van der Waals surface area contributed by atoms with Crippen molar-refractivity contribution in [3.8, 4) is 0 Å². The molecule has 0 aromatic carbocycles. The van der Waals surface area contributed by atoms with Crippen molar-refractivity contribution in [2.45, 2.75) is 6.42 Å². The highest BCUT2D eigenvalue weighted by molar-refractivity contribution is 5.64. The number of carboxylic acid groups (broad SMARTS) is 1. The molecule has 0 heterocycles. The Labute approximate surface area is 67.4 Å². The number of nitrogens with zero attached hydrogens (tertiary/aromatic N) is 2. The molecule has 0 saturated heterocycles. The molecule has 66 valence electrons. The second kappa shape index (κ2) is 4.96. The first-order valence-corrected chi connectivity index (χ1v) is 3.63. The Morgan fingerprint density at radius 3 is 2.18 bits per heavy atom. The van der Waals surface area contributed by atoms with Crippen molar-refractivity contribution >= 4 is 6.09 Å². The van der Waals surface area contributed by atoms with Gasteiger partial charge >= 0.3 is 6.09 Å². The molecule has 0 aromatic rings. The van der Waals surface area contributed by atoms with Gasteiger partial charge in [-0.05, 0) is 27.1 Å². The molecule has 1 N–H and O–H groups in total. The molecular weight excluding hydrogens is 144 g/mol. The van der Waals surface area contributed by atoms with Gasteiger partial charge in [-0.15, -0.1) is 0 Å². The third-order valence-electron chi connectivity index (χ3n) is 1.43. The van der Waals surface area contributed by atoms with Crippen LogP contribution in [-0.2, 0) is 0 Å². The summed E-state index contributed by atoms with van der Waals surface area (Å²) in [6.07, 6.45) is 0.0271. The molecule has 0 aliphatic rings. The Morgan fingerprint density at radius 1 is 1.27 bits per heavy atom. The van der Waals surface area contributed by atoms with Gasteiger partial charge in [0.2, 0.25) is 0 Å². The van der Waals surface area contributed by atoms with Crippen molar-refractivity contribution < 1.29 is 9.90 Å². The van der Waals surface area contributed by atoms with Crippen LogP contribution in [-0.4, -0.2) is 55.2 Å². The molecule has 0 rings (SSSR count). The topological polar surface area (TPSA) is 43.8 Å². The van der Waals surface area contributed by atoms with Crippen LogP contribution in [0.5, 0.6) is 0 Å². The first-order valence-electron chi connectivity index (χ1n) is 3.63. The first kappa shape index (κ1) is 10.2. The van der Waals surface area contributed by atoms with E-state index in [-0.39, 0.29) is 0 Å². The molecule has 0 aromatic heterocycles. The number of amides is 1. The van der Waals surface area contributed by atoms with Crippen LogP contribution in [0.1, 0.15) is 6.42 Å². The van der Waals surface area contributed by atoms with E-state index in [9.17, 15) is 4.79 Å². The average molecular weight is 160 g/mol. The van der Waals surface area contributed by atoms with E-state index >= 15 is 0 Å². The lowest BCUT2D eigenvalue weighted by molar-refractivity contribution is 0.154. The van der Waals surface area contributed by atoms with Crippen molar-refractivity contribution in [2.75, 3.05) is 34.2 Å². The SMILES string of the molecule is CN(C)CCCN(C)C(=O)O. The van der Waals surface area contributed by atoms with Gasteiger partial charge in [0.15, 0.2) is 0 Å². The van der Waals surface area contributed by atoms with Gasteiger partial charge in [0, 0.05) is 13.6 Å². The van der Waals surface area contributed by atoms with E-state index in [1.807, 2.05) is 19.0 Å². The molecule has 0 saturated carbocycles. The summed E-state index contributed by atoms with van der Waals surface area (Å²) >= 11 is 0. The Morgan fingerprint density at radius 2 is 1.82 bits per heavy atom. The molecule has 0 fully saturated rings. The maximum Gasteiger partial charge on any atom is 0.407 e. The van der Waals surface area contributed by atoms with Crippen molar-refractivity contribution in [1.29, 1.82) is 0 Å². The summed E-state index contributed by atoms with van der Waals surface area (Å²) < 4.78 is 0. The van der Waals surface area contributed by atoms with E-state index in [1.165, 1.54) is 4.90 Å². The largest absolute Gasteiger partial charge is 0.465 e. The van der Waals surface area contributed by atoms with Crippen molar-refractivity contribution in [1.82, 2.24) is 9.80 Å². The van der Waals surface area contributed by atoms with Gasteiger partial charge < -0.3 is 14.9 Å². The predicted octanol–water partition coefficient (Wildman–Crippen LogP) is 0.548. The summed E-state index contributed by atoms with van der Waals surface area (Å²) in [5.41, 5.74) is 0. The Kier molecular flexibility index (Phi) is 4.61. The fraction of sp³-hybridized carbons (Fsp3) is 0.857. The van der Waals surface area contributed by atoms with Crippen LogP contribution in [0.4, 0.5) is 4.79 Å². The molecular formula is C7H16N2O2. The first-order chi connectivity index (χ1) is 5.04. The van der Waals surface area contributed by atoms with Crippen LogP contribution in [0, 0.1) is 0 Å². The van der Waals surface area contributed by atoms with E-state index in [4.69, 9.17) is 5.11 Å². The van der Waals surface area contributed by atoms with Gasteiger partial charge in [-0.3, -0.25) is 0 Å². The van der Waals surface area contributed by atoms with Gasteiger partial charge in [-0.1, -0.05) is 0 Å². The maximum absolute atomic E-state index is 10.3. The molecule has 0 aliphatic carbocycles. The van der Waals surface area contributed by atoms with Gasteiger partial charge in [0.1, 0.15) is 0 Å². The van der Waals surface area contributed by atoms with Crippen LogP contribution in [0.2, 0.25) is 0 Å². The minimum Gasteiger partial charge on any atom is -0.465 e. The third-order valence-corrected chi connectivity index (χ3v) is 1.43. The lowest BCUT2D eigenvalue weighted by atomic mass is 10.4. The highest BCUT2D eigenvalue weighted by Gasteiger charge is 2.03. The summed E-state index contributed by atoms with van der Waals surface area (Å²) in [4.78, 5) is 13.6. The van der Waals surface area contributed by atoms with E-state index in [0.29, 0.717) is 6.54 Å². The van der Waals surface area contributed by atoms with Gasteiger partial charge in [-0.2, -0.15) is 0 Å². The number of hydrogen-bond acceptors (Lipinski definition) is 2. The van der Waals surface area contributed by atoms with Gasteiger partial charge in [0.25, 0.3) is 0 Å². The molecule has 1 amide bonds. The lowest BCUT2D eigenvalue weighted by Gasteiger charge is -2.14. The fourth-order valence-electron chi connectivity index (χ4n) is 0.720. The summed E-state index contributed by atoms with van der Waals surface area (Å²) in [7, 11) is 5.53. The molecule has 0 atom stereocenters. The average Bonchev–Trinajstić information content (AvgIpc) is 1.86. The van der Waals surface area contributed by atoms with Gasteiger partial charge in [0.05, 0.1) is 0 Å². The number of hydrogen-bond donors (Lipinski definition) is 1. The second-order valence-corrected chi connectivity index (χ2v) is 2.86. The van der Waals surface area contributed by atoms with Crippen LogP contribution in [0.25, 0.3) is 0 Å². The predicted molar refractivity (Wildman–Crippen MR) is 43.8 cm³/mol. The normalized spacial score (nSPS) is 10.2. The lowest BCUT2D eigenvalue weighted by Crippen LogP contribution is -2.28.